The topological polar surface area (TPSA) is 105 Å². The maximum atomic E-state index is 11.1. The average Bonchev–Trinajstić information content (AvgIpc) is 2.12. The van der Waals surface area contributed by atoms with E-state index in [4.69, 9.17) is 0 Å². The third kappa shape index (κ3) is 4.72. The van der Waals surface area contributed by atoms with Gasteiger partial charge in [-0.15, -0.1) is 0 Å². The predicted octanol–water partition coefficient (Wildman–Crippen LogP) is -0.318. The standard InChI is InChI=1S/C6H12O8S2/c1-2-4-11-15(7,8)13-6-3-5-12-16(9,10)14-6/h6H,2-5H2,1H3. The number of hydrogen-bond donors (Lipinski definition) is 0. The van der Waals surface area contributed by atoms with E-state index in [0.717, 1.165) is 0 Å². The van der Waals surface area contributed by atoms with Crippen molar-refractivity contribution in [3.8, 4) is 0 Å². The monoisotopic (exact) mass is 276 g/mol. The van der Waals surface area contributed by atoms with Gasteiger partial charge in [-0.05, 0) is 6.42 Å². The maximum absolute atomic E-state index is 11.1. The van der Waals surface area contributed by atoms with Crippen molar-refractivity contribution < 1.29 is 33.6 Å². The third-order valence-electron chi connectivity index (χ3n) is 1.46. The van der Waals surface area contributed by atoms with Gasteiger partial charge in [-0.25, -0.2) is 16.7 Å². The molecule has 0 spiro atoms. The van der Waals surface area contributed by atoms with Crippen LogP contribution in [0.25, 0.3) is 0 Å². The van der Waals surface area contributed by atoms with E-state index in [2.05, 4.69) is 16.7 Å². The molecule has 16 heavy (non-hydrogen) atoms. The van der Waals surface area contributed by atoms with Crippen LogP contribution < -0.4 is 0 Å². The van der Waals surface area contributed by atoms with Crippen LogP contribution in [0.2, 0.25) is 0 Å². The van der Waals surface area contributed by atoms with E-state index in [0.29, 0.717) is 6.42 Å². The molecule has 1 heterocycles. The fraction of sp³-hybridized carbons (Fsp3) is 1.00. The van der Waals surface area contributed by atoms with Crippen LogP contribution in [-0.4, -0.2) is 36.3 Å². The van der Waals surface area contributed by atoms with Gasteiger partial charge in [-0.2, -0.15) is 16.8 Å². The van der Waals surface area contributed by atoms with Crippen LogP contribution in [0.3, 0.4) is 0 Å². The Balaban J connectivity index is 2.54. The van der Waals surface area contributed by atoms with Gasteiger partial charge in [0.25, 0.3) is 0 Å². The van der Waals surface area contributed by atoms with Crippen LogP contribution in [-0.2, 0) is 37.5 Å². The van der Waals surface area contributed by atoms with E-state index >= 15 is 0 Å². The lowest BCUT2D eigenvalue weighted by Crippen LogP contribution is -2.32. The van der Waals surface area contributed by atoms with Gasteiger partial charge in [0.1, 0.15) is 0 Å². The molecule has 0 aromatic rings. The minimum atomic E-state index is -4.24. The van der Waals surface area contributed by atoms with Crippen molar-refractivity contribution in [1.82, 2.24) is 0 Å². The first-order valence-electron chi connectivity index (χ1n) is 4.50. The highest BCUT2D eigenvalue weighted by molar-refractivity contribution is 7.82. The predicted molar refractivity (Wildman–Crippen MR) is 50.6 cm³/mol. The van der Waals surface area contributed by atoms with Crippen LogP contribution in [0.1, 0.15) is 19.8 Å². The van der Waals surface area contributed by atoms with Gasteiger partial charge in [-0.1, -0.05) is 6.92 Å². The summed E-state index contributed by atoms with van der Waals surface area (Å²) in [7, 11) is -8.41. The van der Waals surface area contributed by atoms with Crippen LogP contribution >= 0.6 is 0 Å². The maximum Gasteiger partial charge on any atom is 0.402 e. The van der Waals surface area contributed by atoms with Crippen LogP contribution in [0.5, 0.6) is 0 Å². The Hall–Kier alpha value is -0.260. The zero-order valence-corrected chi connectivity index (χ0v) is 10.1. The van der Waals surface area contributed by atoms with Crippen molar-refractivity contribution in [1.29, 1.82) is 0 Å². The molecular formula is C6H12O8S2. The van der Waals surface area contributed by atoms with E-state index in [1.165, 1.54) is 0 Å². The van der Waals surface area contributed by atoms with Gasteiger partial charge >= 0.3 is 20.8 Å². The van der Waals surface area contributed by atoms with Gasteiger partial charge < -0.3 is 0 Å². The first-order chi connectivity index (χ1) is 7.35. The normalized spacial score (nSPS) is 25.4. The zero-order chi connectivity index (χ0) is 12.2. The second kappa shape index (κ2) is 5.38. The summed E-state index contributed by atoms with van der Waals surface area (Å²) in [6, 6.07) is 0. The average molecular weight is 276 g/mol. The fourth-order valence-electron chi connectivity index (χ4n) is 0.863. The minimum Gasteiger partial charge on any atom is -0.248 e. The molecule has 96 valence electrons. The van der Waals surface area contributed by atoms with Crippen molar-refractivity contribution in [3.63, 3.8) is 0 Å². The molecule has 0 amide bonds. The summed E-state index contributed by atoms with van der Waals surface area (Å²) >= 11 is 0. The molecule has 0 radical (unpaired) electrons. The summed E-state index contributed by atoms with van der Waals surface area (Å²) in [5, 5.41) is 0. The lowest BCUT2D eigenvalue weighted by Gasteiger charge is -2.20. The van der Waals surface area contributed by atoms with E-state index in [9.17, 15) is 16.8 Å². The molecule has 0 bridgehead atoms. The summed E-state index contributed by atoms with van der Waals surface area (Å²) in [6.45, 7) is 1.47. The van der Waals surface area contributed by atoms with Gasteiger partial charge in [-0.3, -0.25) is 0 Å². The van der Waals surface area contributed by atoms with Crippen molar-refractivity contribution >= 4 is 20.8 Å². The summed E-state index contributed by atoms with van der Waals surface area (Å²) < 4.78 is 61.1. The number of rotatable bonds is 5. The molecule has 1 fully saturated rings. The highest BCUT2D eigenvalue weighted by Crippen LogP contribution is 2.17. The molecule has 1 aliphatic heterocycles. The molecular weight excluding hydrogens is 264 g/mol. The summed E-state index contributed by atoms with van der Waals surface area (Å²) in [5.74, 6) is 0. The molecule has 1 unspecified atom stereocenters. The quantitative estimate of drug-likeness (QED) is 0.672. The molecule has 8 nitrogen and oxygen atoms in total. The molecule has 1 saturated heterocycles. The van der Waals surface area contributed by atoms with Gasteiger partial charge in [0.05, 0.1) is 13.2 Å². The SMILES string of the molecule is CCCOS(=O)(=O)OC1CCOS(=O)(=O)O1. The highest BCUT2D eigenvalue weighted by atomic mass is 32.3. The van der Waals surface area contributed by atoms with Gasteiger partial charge in [0, 0.05) is 6.42 Å². The Bertz CT molecular complexity index is 410. The Kier molecular flexibility index (Phi) is 4.64. The fourth-order valence-corrected chi connectivity index (χ4v) is 2.49. The molecule has 1 atom stereocenters. The van der Waals surface area contributed by atoms with Crippen molar-refractivity contribution in [2.75, 3.05) is 13.2 Å². The Morgan fingerprint density at radius 2 is 2.12 bits per heavy atom. The first kappa shape index (κ1) is 13.8. The summed E-state index contributed by atoms with van der Waals surface area (Å²) in [5.41, 5.74) is 0. The van der Waals surface area contributed by atoms with E-state index in [-0.39, 0.29) is 19.6 Å². The largest absolute Gasteiger partial charge is 0.402 e. The minimum absolute atomic E-state index is 0.0199. The van der Waals surface area contributed by atoms with Crippen molar-refractivity contribution in [2.24, 2.45) is 0 Å². The molecule has 1 rings (SSSR count). The molecule has 0 aromatic heterocycles. The zero-order valence-electron chi connectivity index (χ0n) is 8.49. The van der Waals surface area contributed by atoms with E-state index < -0.39 is 27.1 Å². The Morgan fingerprint density at radius 3 is 2.69 bits per heavy atom. The smallest absolute Gasteiger partial charge is 0.248 e. The lowest BCUT2D eigenvalue weighted by molar-refractivity contribution is -0.0441. The first-order valence-corrected chi connectivity index (χ1v) is 7.16. The third-order valence-corrected chi connectivity index (χ3v) is 3.27. The second-order valence-corrected chi connectivity index (χ2v) is 5.36. The van der Waals surface area contributed by atoms with Crippen LogP contribution in [0, 0.1) is 0 Å². The van der Waals surface area contributed by atoms with Gasteiger partial charge in [0.2, 0.25) is 0 Å². The second-order valence-electron chi connectivity index (χ2n) is 2.87. The van der Waals surface area contributed by atoms with Crippen molar-refractivity contribution in [2.45, 2.75) is 26.1 Å². The van der Waals surface area contributed by atoms with Crippen LogP contribution in [0.15, 0.2) is 0 Å². The lowest BCUT2D eigenvalue weighted by atomic mass is 10.5. The van der Waals surface area contributed by atoms with Crippen LogP contribution in [0.4, 0.5) is 0 Å². The summed E-state index contributed by atoms with van der Waals surface area (Å²) in [4.78, 5) is 0. The molecule has 0 aliphatic carbocycles. The molecule has 0 N–H and O–H groups in total. The molecule has 10 heteroatoms. The van der Waals surface area contributed by atoms with E-state index in [1.807, 2.05) is 0 Å². The van der Waals surface area contributed by atoms with E-state index in [1.54, 1.807) is 6.92 Å². The highest BCUT2D eigenvalue weighted by Gasteiger charge is 2.31. The molecule has 0 aromatic carbocycles. The van der Waals surface area contributed by atoms with Gasteiger partial charge in [0.15, 0.2) is 6.29 Å². The Labute approximate surface area is 94.1 Å². The number of hydrogen-bond acceptors (Lipinski definition) is 8. The molecule has 1 aliphatic rings. The van der Waals surface area contributed by atoms with Crippen molar-refractivity contribution in [3.05, 3.63) is 0 Å². The Morgan fingerprint density at radius 1 is 1.44 bits per heavy atom. The molecule has 0 saturated carbocycles. The summed E-state index contributed by atoms with van der Waals surface area (Å²) in [6.07, 6.45) is -0.968.